The molecule has 0 heterocycles. The Hall–Kier alpha value is -0.877. The van der Waals surface area contributed by atoms with Crippen molar-refractivity contribution >= 4 is 21.5 Å². The molecular weight excluding hydrogens is 402 g/mol. The van der Waals surface area contributed by atoms with Crippen LogP contribution in [0.2, 0.25) is 0 Å². The van der Waals surface area contributed by atoms with E-state index in [1.54, 1.807) is 0 Å². The topological polar surface area (TPSA) is 0 Å². The van der Waals surface area contributed by atoms with E-state index in [4.69, 9.17) is 0 Å². The first-order valence-electron chi connectivity index (χ1n) is 6.96. The van der Waals surface area contributed by atoms with Crippen LogP contribution in [-0.2, 0) is 26.2 Å². The van der Waals surface area contributed by atoms with E-state index in [2.05, 4.69) is 86.6 Å². The number of hydrogen-bond acceptors (Lipinski definition) is 0. The van der Waals surface area contributed by atoms with Crippen LogP contribution >= 0.6 is 0 Å². The summed E-state index contributed by atoms with van der Waals surface area (Å²) in [4.78, 5) is 0. The van der Waals surface area contributed by atoms with E-state index in [9.17, 15) is 0 Å². The number of benzene rings is 2. The minimum Gasteiger partial charge on any atom is -1.00 e. The molecule has 0 aromatic heterocycles. The van der Waals surface area contributed by atoms with Gasteiger partial charge in [-0.1, -0.05) is 11.1 Å². The summed E-state index contributed by atoms with van der Waals surface area (Å²) in [6.07, 6.45) is 0. The number of aryl methyl sites for hydroxylation is 2. The van der Waals surface area contributed by atoms with Crippen molar-refractivity contribution in [3.63, 3.8) is 0 Å². The van der Waals surface area contributed by atoms with E-state index >= 15 is 0 Å². The van der Waals surface area contributed by atoms with Crippen LogP contribution in [0.15, 0.2) is 72.8 Å². The Kier molecular flexibility index (Phi) is 9.70. The summed E-state index contributed by atoms with van der Waals surface area (Å²) in [5, 5.41) is 5.37. The van der Waals surface area contributed by atoms with Gasteiger partial charge in [0, 0.05) is 0 Å². The zero-order valence-corrected chi connectivity index (χ0v) is 17.2. The van der Waals surface area contributed by atoms with Crippen molar-refractivity contribution in [2.45, 2.75) is 13.8 Å². The molecular formula is C20H18Cl2Zr. The van der Waals surface area contributed by atoms with E-state index in [1.165, 1.54) is 32.7 Å². The Labute approximate surface area is 169 Å². The van der Waals surface area contributed by atoms with E-state index in [0.717, 1.165) is 0 Å². The van der Waals surface area contributed by atoms with Gasteiger partial charge in [0.05, 0.1) is 0 Å². The summed E-state index contributed by atoms with van der Waals surface area (Å²) in [5.74, 6) is 0. The molecule has 23 heavy (non-hydrogen) atoms. The minimum atomic E-state index is 0. The molecule has 116 valence electrons. The van der Waals surface area contributed by atoms with Crippen LogP contribution in [0.25, 0.3) is 21.5 Å². The van der Waals surface area contributed by atoms with Crippen LogP contribution in [0.5, 0.6) is 0 Å². The zero-order valence-electron chi connectivity index (χ0n) is 13.2. The summed E-state index contributed by atoms with van der Waals surface area (Å²) in [5.41, 5.74) is 2.66. The van der Waals surface area contributed by atoms with Crippen molar-refractivity contribution < 1.29 is 51.0 Å². The second kappa shape index (κ2) is 10.1. The predicted molar refractivity (Wildman–Crippen MR) is 88.6 cm³/mol. The first-order valence-corrected chi connectivity index (χ1v) is 6.96. The standard InChI is InChI=1S/2C10H9.2ClH.Zr/c2*1-8-5-6-9-3-2-4-10(9)7-8;;;/h2*2-7H,1H3;2*1H;/q2*-1;;;+4/p-2. The maximum absolute atomic E-state index is 2.20. The normalized spacial score (nSPS) is 9.13. The van der Waals surface area contributed by atoms with Crippen molar-refractivity contribution in [3.05, 3.63) is 83.9 Å². The molecule has 0 aliphatic carbocycles. The molecule has 0 saturated heterocycles. The molecule has 4 rings (SSSR count). The molecule has 0 aliphatic heterocycles. The van der Waals surface area contributed by atoms with Crippen LogP contribution in [-0.4, -0.2) is 0 Å². The molecule has 0 nitrogen and oxygen atoms in total. The Morgan fingerprint density at radius 1 is 0.609 bits per heavy atom. The van der Waals surface area contributed by atoms with E-state index < -0.39 is 0 Å². The second-order valence-corrected chi connectivity index (χ2v) is 5.32. The molecule has 4 aromatic rings. The Balaban J connectivity index is 0.000000372. The van der Waals surface area contributed by atoms with Crippen molar-refractivity contribution in [2.24, 2.45) is 0 Å². The summed E-state index contributed by atoms with van der Waals surface area (Å²) < 4.78 is 0. The molecule has 0 atom stereocenters. The first kappa shape index (κ1) is 22.1. The molecule has 0 saturated carbocycles. The average molecular weight is 420 g/mol. The molecule has 3 heteroatoms. The third-order valence-electron chi connectivity index (χ3n) is 3.59. The van der Waals surface area contributed by atoms with Crippen LogP contribution in [0.4, 0.5) is 0 Å². The second-order valence-electron chi connectivity index (χ2n) is 5.32. The largest absolute Gasteiger partial charge is 4.00 e. The van der Waals surface area contributed by atoms with Gasteiger partial charge in [-0.15, -0.1) is 59.3 Å². The van der Waals surface area contributed by atoms with Crippen LogP contribution in [0.1, 0.15) is 11.1 Å². The molecule has 4 aromatic carbocycles. The van der Waals surface area contributed by atoms with Gasteiger partial charge >= 0.3 is 26.2 Å². The van der Waals surface area contributed by atoms with Gasteiger partial charge in [0.15, 0.2) is 0 Å². The van der Waals surface area contributed by atoms with Crippen LogP contribution in [0.3, 0.4) is 0 Å². The van der Waals surface area contributed by atoms with Gasteiger partial charge < -0.3 is 24.8 Å². The van der Waals surface area contributed by atoms with Gasteiger partial charge in [-0.25, -0.2) is 0 Å². The predicted octanol–water partition coefficient (Wildman–Crippen LogP) is -0.260. The van der Waals surface area contributed by atoms with E-state index in [0.29, 0.717) is 0 Å². The fourth-order valence-electron chi connectivity index (χ4n) is 2.49. The number of hydrogen-bond donors (Lipinski definition) is 0. The number of fused-ring (bicyclic) bond motifs is 2. The van der Waals surface area contributed by atoms with Gasteiger partial charge in [-0.3, -0.25) is 0 Å². The average Bonchev–Trinajstić information content (AvgIpc) is 3.06. The van der Waals surface area contributed by atoms with Gasteiger partial charge in [0.2, 0.25) is 0 Å². The maximum atomic E-state index is 2.20. The molecule has 0 amide bonds. The van der Waals surface area contributed by atoms with Gasteiger partial charge in [-0.05, 0) is 13.8 Å². The minimum absolute atomic E-state index is 0. The summed E-state index contributed by atoms with van der Waals surface area (Å²) in [6.45, 7) is 4.24. The van der Waals surface area contributed by atoms with Crippen molar-refractivity contribution in [3.8, 4) is 0 Å². The summed E-state index contributed by atoms with van der Waals surface area (Å²) in [7, 11) is 0. The quantitative estimate of drug-likeness (QED) is 0.344. The molecule has 0 unspecified atom stereocenters. The number of rotatable bonds is 0. The van der Waals surface area contributed by atoms with Gasteiger partial charge in [0.1, 0.15) is 0 Å². The first-order chi connectivity index (χ1) is 9.72. The van der Waals surface area contributed by atoms with Crippen LogP contribution in [0, 0.1) is 13.8 Å². The third kappa shape index (κ3) is 5.61. The Morgan fingerprint density at radius 2 is 1.00 bits per heavy atom. The monoisotopic (exact) mass is 418 g/mol. The summed E-state index contributed by atoms with van der Waals surface area (Å²) >= 11 is 0. The summed E-state index contributed by atoms with van der Waals surface area (Å²) in [6, 6.07) is 25.7. The Bertz CT molecular complexity index is 771. The molecule has 0 N–H and O–H groups in total. The fraction of sp³-hybridized carbons (Fsp3) is 0.100. The Morgan fingerprint density at radius 3 is 1.39 bits per heavy atom. The molecule has 0 spiro atoms. The molecule has 0 radical (unpaired) electrons. The SMILES string of the molecule is Cc1ccc2[cH-]ccc2c1.Cc1ccc2[cH-]ccc2c1.[Cl-].[Cl-].[Zr+4]. The molecule has 0 aliphatic rings. The molecule has 0 fully saturated rings. The molecule has 0 bridgehead atoms. The van der Waals surface area contributed by atoms with Crippen molar-refractivity contribution in [1.82, 2.24) is 0 Å². The van der Waals surface area contributed by atoms with Gasteiger partial charge in [0.25, 0.3) is 0 Å². The van der Waals surface area contributed by atoms with E-state index in [-0.39, 0.29) is 51.0 Å². The van der Waals surface area contributed by atoms with Gasteiger partial charge in [-0.2, -0.15) is 35.0 Å². The zero-order chi connectivity index (χ0) is 13.9. The fourth-order valence-corrected chi connectivity index (χ4v) is 2.49. The van der Waals surface area contributed by atoms with Crippen molar-refractivity contribution in [1.29, 1.82) is 0 Å². The van der Waals surface area contributed by atoms with Crippen LogP contribution < -0.4 is 24.8 Å². The van der Waals surface area contributed by atoms with Crippen molar-refractivity contribution in [2.75, 3.05) is 0 Å². The maximum Gasteiger partial charge on any atom is 4.00 e. The smallest absolute Gasteiger partial charge is 1.00 e. The number of halogens is 2. The van der Waals surface area contributed by atoms with E-state index in [1.807, 2.05) is 0 Å². The third-order valence-corrected chi connectivity index (χ3v) is 3.59.